The van der Waals surface area contributed by atoms with E-state index in [0.717, 1.165) is 37.8 Å². The number of nitro groups is 1. The quantitative estimate of drug-likeness (QED) is 0.467. The minimum atomic E-state index is -0.435. The molecule has 1 aromatic rings. The molecule has 96 valence electrons. The molecule has 5 heteroatoms. The Morgan fingerprint density at radius 3 is 2.28 bits per heavy atom. The molecule has 1 saturated carbocycles. The molecule has 1 aliphatic rings. The highest BCUT2D eigenvalue weighted by Crippen LogP contribution is 2.27. The number of non-ortho nitro benzene ring substituents is 1. The summed E-state index contributed by atoms with van der Waals surface area (Å²) in [5.41, 5.74) is 0.788. The van der Waals surface area contributed by atoms with Crippen molar-refractivity contribution in [2.24, 2.45) is 0 Å². The van der Waals surface area contributed by atoms with Gasteiger partial charge in [0, 0.05) is 23.9 Å². The summed E-state index contributed by atoms with van der Waals surface area (Å²) in [6.45, 7) is 0. The van der Waals surface area contributed by atoms with Crippen LogP contribution in [0.3, 0.4) is 0 Å². The van der Waals surface area contributed by atoms with E-state index in [0.29, 0.717) is 0 Å². The highest BCUT2D eigenvalue weighted by atomic mass is 16.6. The smallest absolute Gasteiger partial charge is 0.269 e. The molecule has 0 aromatic heterocycles. The van der Waals surface area contributed by atoms with Crippen LogP contribution in [0.25, 0.3) is 0 Å². The normalized spacial score (nSPS) is 16.2. The maximum atomic E-state index is 11.2. The Kier molecular flexibility index (Phi) is 3.92. The van der Waals surface area contributed by atoms with Crippen molar-refractivity contribution in [3.8, 4) is 0 Å². The molecule has 0 N–H and O–H groups in total. The second kappa shape index (κ2) is 5.62. The van der Waals surface area contributed by atoms with Crippen molar-refractivity contribution in [1.82, 2.24) is 0 Å². The van der Waals surface area contributed by atoms with Gasteiger partial charge < -0.3 is 4.90 Å². The Balaban J connectivity index is 2.16. The van der Waals surface area contributed by atoms with Crippen LogP contribution in [0.4, 0.5) is 11.4 Å². The molecule has 5 nitrogen and oxygen atoms in total. The number of rotatable bonds is 4. The van der Waals surface area contributed by atoms with Crippen LogP contribution in [-0.4, -0.2) is 17.4 Å². The Labute approximate surface area is 106 Å². The first kappa shape index (κ1) is 12.5. The highest BCUT2D eigenvalue weighted by molar-refractivity contribution is 5.76. The van der Waals surface area contributed by atoms with Crippen LogP contribution in [0, 0.1) is 10.1 Å². The lowest BCUT2D eigenvalue weighted by molar-refractivity contribution is -0.384. The number of hydrogen-bond donors (Lipinski definition) is 0. The van der Waals surface area contributed by atoms with Crippen LogP contribution in [-0.2, 0) is 4.79 Å². The largest absolute Gasteiger partial charge is 0.312 e. The van der Waals surface area contributed by atoms with E-state index in [9.17, 15) is 14.9 Å². The summed E-state index contributed by atoms with van der Waals surface area (Å²) < 4.78 is 0. The standard InChI is InChI=1S/C13H16N2O3/c16-10-14(11-4-2-1-3-5-11)12-6-8-13(9-7-12)15(17)18/h6-11H,1-5H2. The zero-order valence-corrected chi connectivity index (χ0v) is 10.1. The first-order valence-corrected chi connectivity index (χ1v) is 6.20. The minimum absolute atomic E-state index is 0.0493. The van der Waals surface area contributed by atoms with Crippen molar-refractivity contribution < 1.29 is 9.72 Å². The molecule has 1 fully saturated rings. The van der Waals surface area contributed by atoms with Crippen LogP contribution in [0.15, 0.2) is 24.3 Å². The number of hydrogen-bond acceptors (Lipinski definition) is 3. The number of amides is 1. The maximum Gasteiger partial charge on any atom is 0.269 e. The second-order valence-corrected chi connectivity index (χ2v) is 4.58. The zero-order chi connectivity index (χ0) is 13.0. The van der Waals surface area contributed by atoms with Gasteiger partial charge >= 0.3 is 0 Å². The van der Waals surface area contributed by atoms with E-state index in [2.05, 4.69) is 0 Å². The van der Waals surface area contributed by atoms with Gasteiger partial charge in [-0.2, -0.15) is 0 Å². The highest BCUT2D eigenvalue weighted by Gasteiger charge is 2.21. The molecule has 1 amide bonds. The first-order valence-electron chi connectivity index (χ1n) is 6.20. The molecule has 1 aliphatic carbocycles. The minimum Gasteiger partial charge on any atom is -0.312 e. The Morgan fingerprint density at radius 2 is 1.78 bits per heavy atom. The van der Waals surface area contributed by atoms with Gasteiger partial charge in [0.15, 0.2) is 0 Å². The van der Waals surface area contributed by atoms with Crippen LogP contribution in [0.1, 0.15) is 32.1 Å². The van der Waals surface area contributed by atoms with Crippen LogP contribution in [0.5, 0.6) is 0 Å². The third-order valence-corrected chi connectivity index (χ3v) is 3.44. The van der Waals surface area contributed by atoms with Gasteiger partial charge in [-0.3, -0.25) is 14.9 Å². The topological polar surface area (TPSA) is 63.5 Å². The predicted octanol–water partition coefficient (Wildman–Crippen LogP) is 2.89. The van der Waals surface area contributed by atoms with Gasteiger partial charge in [0.05, 0.1) is 4.92 Å². The van der Waals surface area contributed by atoms with Gasteiger partial charge in [0.1, 0.15) is 0 Å². The molecule has 18 heavy (non-hydrogen) atoms. The monoisotopic (exact) mass is 248 g/mol. The molecular weight excluding hydrogens is 232 g/mol. The molecule has 0 unspecified atom stereocenters. The average Bonchev–Trinajstić information content (AvgIpc) is 2.41. The number of carbonyl (C=O) groups excluding carboxylic acids is 1. The Bertz CT molecular complexity index is 424. The van der Waals surface area contributed by atoms with E-state index in [1.54, 1.807) is 17.0 Å². The van der Waals surface area contributed by atoms with Crippen molar-refractivity contribution in [2.45, 2.75) is 38.1 Å². The van der Waals surface area contributed by atoms with E-state index < -0.39 is 4.92 Å². The number of benzene rings is 1. The van der Waals surface area contributed by atoms with Crippen molar-refractivity contribution in [3.63, 3.8) is 0 Å². The molecule has 0 saturated heterocycles. The maximum absolute atomic E-state index is 11.2. The molecule has 0 atom stereocenters. The number of nitro benzene ring substituents is 1. The van der Waals surface area contributed by atoms with E-state index in [4.69, 9.17) is 0 Å². The fourth-order valence-electron chi connectivity index (χ4n) is 2.46. The molecule has 2 rings (SSSR count). The van der Waals surface area contributed by atoms with Crippen molar-refractivity contribution in [2.75, 3.05) is 4.90 Å². The average molecular weight is 248 g/mol. The van der Waals surface area contributed by atoms with Gasteiger partial charge in [-0.25, -0.2) is 0 Å². The molecule has 0 aliphatic heterocycles. The van der Waals surface area contributed by atoms with Gasteiger partial charge in [0.25, 0.3) is 5.69 Å². The summed E-state index contributed by atoms with van der Waals surface area (Å²) >= 11 is 0. The zero-order valence-electron chi connectivity index (χ0n) is 10.1. The van der Waals surface area contributed by atoms with E-state index >= 15 is 0 Å². The van der Waals surface area contributed by atoms with E-state index in [1.807, 2.05) is 0 Å². The van der Waals surface area contributed by atoms with Crippen LogP contribution in [0.2, 0.25) is 0 Å². The Morgan fingerprint density at radius 1 is 1.17 bits per heavy atom. The molecule has 0 heterocycles. The molecule has 0 radical (unpaired) electrons. The molecule has 0 bridgehead atoms. The van der Waals surface area contributed by atoms with Crippen LogP contribution >= 0.6 is 0 Å². The molecule has 1 aromatic carbocycles. The summed E-state index contributed by atoms with van der Waals surface area (Å²) in [6, 6.07) is 6.39. The molecular formula is C13H16N2O3. The third-order valence-electron chi connectivity index (χ3n) is 3.44. The van der Waals surface area contributed by atoms with Gasteiger partial charge in [-0.1, -0.05) is 19.3 Å². The fourth-order valence-corrected chi connectivity index (χ4v) is 2.46. The first-order chi connectivity index (χ1) is 8.72. The Hall–Kier alpha value is -1.91. The van der Waals surface area contributed by atoms with Crippen molar-refractivity contribution >= 4 is 17.8 Å². The van der Waals surface area contributed by atoms with Gasteiger partial charge in [-0.05, 0) is 25.0 Å². The second-order valence-electron chi connectivity index (χ2n) is 4.58. The summed E-state index contributed by atoms with van der Waals surface area (Å²) in [5, 5.41) is 10.6. The van der Waals surface area contributed by atoms with Gasteiger partial charge in [-0.15, -0.1) is 0 Å². The number of nitrogens with zero attached hydrogens (tertiary/aromatic N) is 2. The van der Waals surface area contributed by atoms with E-state index in [1.165, 1.54) is 18.6 Å². The summed E-state index contributed by atoms with van der Waals surface area (Å²) in [5.74, 6) is 0. The fraction of sp³-hybridized carbons (Fsp3) is 0.462. The summed E-state index contributed by atoms with van der Waals surface area (Å²) in [7, 11) is 0. The lowest BCUT2D eigenvalue weighted by Crippen LogP contribution is -2.35. The van der Waals surface area contributed by atoms with Crippen molar-refractivity contribution in [3.05, 3.63) is 34.4 Å². The van der Waals surface area contributed by atoms with Crippen LogP contribution < -0.4 is 4.90 Å². The number of anilines is 1. The summed E-state index contributed by atoms with van der Waals surface area (Å²) in [4.78, 5) is 23.1. The van der Waals surface area contributed by atoms with Gasteiger partial charge in [0.2, 0.25) is 6.41 Å². The molecule has 0 spiro atoms. The van der Waals surface area contributed by atoms with Crippen molar-refractivity contribution in [1.29, 1.82) is 0 Å². The third kappa shape index (κ3) is 2.67. The lowest BCUT2D eigenvalue weighted by Gasteiger charge is -2.31. The predicted molar refractivity (Wildman–Crippen MR) is 68.5 cm³/mol. The van der Waals surface area contributed by atoms with E-state index in [-0.39, 0.29) is 11.7 Å². The summed E-state index contributed by atoms with van der Waals surface area (Å²) in [6.07, 6.45) is 6.36. The lowest BCUT2D eigenvalue weighted by atomic mass is 9.94. The number of carbonyl (C=O) groups is 1. The SMILES string of the molecule is O=CN(c1ccc([N+](=O)[O-])cc1)C1CCCCC1.